The highest BCUT2D eigenvalue weighted by Crippen LogP contribution is 2.27. The van der Waals surface area contributed by atoms with Crippen molar-refractivity contribution in [3.63, 3.8) is 0 Å². The van der Waals surface area contributed by atoms with Crippen molar-refractivity contribution in [2.45, 2.75) is 51.4 Å². The van der Waals surface area contributed by atoms with Gasteiger partial charge in [0.05, 0.1) is 18.8 Å². The quantitative estimate of drug-likeness (QED) is 0.723. The van der Waals surface area contributed by atoms with Gasteiger partial charge in [-0.3, -0.25) is 9.69 Å². The minimum Gasteiger partial charge on any atom is -0.465 e. The first kappa shape index (κ1) is 14.8. The largest absolute Gasteiger partial charge is 0.465 e. The maximum atomic E-state index is 12.2. The molecule has 0 aromatic rings. The third-order valence-electron chi connectivity index (χ3n) is 3.95. The Bertz CT molecular complexity index is 312. The Morgan fingerprint density at radius 2 is 2.00 bits per heavy atom. The van der Waals surface area contributed by atoms with Gasteiger partial charge in [0.25, 0.3) is 0 Å². The molecule has 0 saturated carbocycles. The molecular formula is C14H26N2O3. The van der Waals surface area contributed by atoms with Crippen LogP contribution >= 0.6 is 0 Å². The molecule has 0 aromatic carbocycles. The number of nitrogens with one attached hydrogen (secondary N) is 1. The fourth-order valence-electron chi connectivity index (χ4n) is 3.15. The van der Waals surface area contributed by atoms with Crippen LogP contribution < -0.4 is 5.32 Å². The lowest BCUT2D eigenvalue weighted by atomic mass is 10.0. The average molecular weight is 270 g/mol. The molecule has 110 valence electrons. The SMILES string of the molecule is CCNC(C)(CN1CC2CCC(C1)O2)C(=O)OCC. The van der Waals surface area contributed by atoms with Gasteiger partial charge >= 0.3 is 5.97 Å². The number of fused-ring (bicyclic) bond motifs is 2. The maximum absolute atomic E-state index is 12.2. The summed E-state index contributed by atoms with van der Waals surface area (Å²) in [5, 5.41) is 3.28. The second-order valence-corrected chi connectivity index (χ2v) is 5.73. The van der Waals surface area contributed by atoms with Crippen LogP contribution in [0.1, 0.15) is 33.6 Å². The van der Waals surface area contributed by atoms with Crippen molar-refractivity contribution in [3.8, 4) is 0 Å². The Morgan fingerprint density at radius 3 is 2.53 bits per heavy atom. The van der Waals surface area contributed by atoms with Gasteiger partial charge in [-0.2, -0.15) is 0 Å². The van der Waals surface area contributed by atoms with Crippen LogP contribution in [0.5, 0.6) is 0 Å². The third kappa shape index (κ3) is 3.46. The van der Waals surface area contributed by atoms with Crippen LogP contribution in [0.15, 0.2) is 0 Å². The van der Waals surface area contributed by atoms with Crippen molar-refractivity contribution < 1.29 is 14.3 Å². The molecule has 2 fully saturated rings. The van der Waals surface area contributed by atoms with E-state index in [4.69, 9.17) is 9.47 Å². The molecule has 5 nitrogen and oxygen atoms in total. The molecule has 3 atom stereocenters. The van der Waals surface area contributed by atoms with E-state index in [1.54, 1.807) is 0 Å². The van der Waals surface area contributed by atoms with E-state index in [0.717, 1.165) is 32.5 Å². The number of hydrogen-bond donors (Lipinski definition) is 1. The Balaban J connectivity index is 1.97. The second-order valence-electron chi connectivity index (χ2n) is 5.73. The smallest absolute Gasteiger partial charge is 0.327 e. The molecule has 2 saturated heterocycles. The molecule has 0 spiro atoms. The zero-order valence-electron chi connectivity index (χ0n) is 12.3. The lowest BCUT2D eigenvalue weighted by Gasteiger charge is -2.38. The van der Waals surface area contributed by atoms with E-state index in [-0.39, 0.29) is 5.97 Å². The Labute approximate surface area is 115 Å². The van der Waals surface area contributed by atoms with Gasteiger partial charge in [0.15, 0.2) is 0 Å². The van der Waals surface area contributed by atoms with Crippen LogP contribution in [0.3, 0.4) is 0 Å². The first-order valence-electron chi connectivity index (χ1n) is 7.37. The standard InChI is InChI=1S/C14H26N2O3/c1-4-15-14(3,13(17)18-5-2)10-16-8-11-6-7-12(9-16)19-11/h11-12,15H,4-10H2,1-3H3. The van der Waals surface area contributed by atoms with Crippen LogP contribution in [0.4, 0.5) is 0 Å². The number of carbonyl (C=O) groups is 1. The highest BCUT2D eigenvalue weighted by molar-refractivity contribution is 5.80. The molecule has 19 heavy (non-hydrogen) atoms. The van der Waals surface area contributed by atoms with E-state index < -0.39 is 5.54 Å². The number of esters is 1. The minimum atomic E-state index is -0.623. The lowest BCUT2D eigenvalue weighted by molar-refractivity contribution is -0.152. The van der Waals surface area contributed by atoms with E-state index in [1.165, 1.54) is 0 Å². The molecule has 3 unspecified atom stereocenters. The monoisotopic (exact) mass is 270 g/mol. The molecule has 0 radical (unpaired) electrons. The summed E-state index contributed by atoms with van der Waals surface area (Å²) < 4.78 is 11.0. The number of ether oxygens (including phenoxy) is 2. The number of likely N-dealkylation sites (tertiary alicyclic amines) is 1. The average Bonchev–Trinajstić information content (AvgIpc) is 2.69. The van der Waals surface area contributed by atoms with Crippen molar-refractivity contribution in [1.29, 1.82) is 0 Å². The molecule has 0 aliphatic carbocycles. The molecule has 0 aromatic heterocycles. The van der Waals surface area contributed by atoms with Crippen LogP contribution in [0.25, 0.3) is 0 Å². The molecular weight excluding hydrogens is 244 g/mol. The molecule has 2 rings (SSSR count). The summed E-state index contributed by atoms with van der Waals surface area (Å²) in [5.74, 6) is -0.157. The predicted octanol–water partition coefficient (Wildman–Crippen LogP) is 0.781. The molecule has 2 aliphatic heterocycles. The number of carbonyl (C=O) groups excluding carboxylic acids is 1. The number of nitrogens with zero attached hydrogens (tertiary/aromatic N) is 1. The highest BCUT2D eigenvalue weighted by atomic mass is 16.5. The maximum Gasteiger partial charge on any atom is 0.327 e. The van der Waals surface area contributed by atoms with Gasteiger partial charge in [-0.25, -0.2) is 0 Å². The Hall–Kier alpha value is -0.650. The van der Waals surface area contributed by atoms with Crippen LogP contribution in [-0.2, 0) is 14.3 Å². The molecule has 2 aliphatic rings. The predicted molar refractivity (Wildman–Crippen MR) is 73.0 cm³/mol. The molecule has 0 amide bonds. The fourth-order valence-corrected chi connectivity index (χ4v) is 3.15. The summed E-state index contributed by atoms with van der Waals surface area (Å²) >= 11 is 0. The Morgan fingerprint density at radius 1 is 1.37 bits per heavy atom. The van der Waals surface area contributed by atoms with E-state index >= 15 is 0 Å². The Kier molecular flexibility index (Phi) is 4.81. The highest BCUT2D eigenvalue weighted by Gasteiger charge is 2.40. The zero-order valence-corrected chi connectivity index (χ0v) is 12.3. The van der Waals surface area contributed by atoms with Gasteiger partial charge in [-0.05, 0) is 33.2 Å². The zero-order chi connectivity index (χ0) is 13.9. The summed E-state index contributed by atoms with van der Waals surface area (Å²) in [6.45, 7) is 9.52. The van der Waals surface area contributed by atoms with E-state index in [2.05, 4.69) is 10.2 Å². The van der Waals surface area contributed by atoms with Gasteiger partial charge in [0.2, 0.25) is 0 Å². The van der Waals surface area contributed by atoms with Gasteiger partial charge < -0.3 is 14.8 Å². The molecule has 5 heteroatoms. The summed E-state index contributed by atoms with van der Waals surface area (Å²) in [4.78, 5) is 14.5. The number of likely N-dealkylation sites (N-methyl/N-ethyl adjacent to an activating group) is 1. The van der Waals surface area contributed by atoms with E-state index in [1.807, 2.05) is 20.8 Å². The number of morpholine rings is 1. The minimum absolute atomic E-state index is 0.157. The summed E-state index contributed by atoms with van der Waals surface area (Å²) in [5.41, 5.74) is -0.623. The van der Waals surface area contributed by atoms with Gasteiger partial charge in [-0.15, -0.1) is 0 Å². The fraction of sp³-hybridized carbons (Fsp3) is 0.929. The summed E-state index contributed by atoms with van der Waals surface area (Å²) in [6.07, 6.45) is 3.01. The second kappa shape index (κ2) is 6.20. The normalized spacial score (nSPS) is 30.1. The lowest BCUT2D eigenvalue weighted by Crippen LogP contribution is -2.59. The van der Waals surface area contributed by atoms with Gasteiger partial charge in [0, 0.05) is 19.6 Å². The van der Waals surface area contributed by atoms with Crippen LogP contribution in [0, 0.1) is 0 Å². The molecule has 2 bridgehead atoms. The van der Waals surface area contributed by atoms with Crippen molar-refractivity contribution in [1.82, 2.24) is 10.2 Å². The number of rotatable bonds is 6. The third-order valence-corrected chi connectivity index (χ3v) is 3.95. The van der Waals surface area contributed by atoms with Gasteiger partial charge in [-0.1, -0.05) is 6.92 Å². The van der Waals surface area contributed by atoms with Crippen molar-refractivity contribution >= 4 is 5.97 Å². The molecule has 1 N–H and O–H groups in total. The van der Waals surface area contributed by atoms with E-state index in [9.17, 15) is 4.79 Å². The van der Waals surface area contributed by atoms with Crippen LogP contribution in [-0.4, -0.2) is 61.4 Å². The topological polar surface area (TPSA) is 50.8 Å². The number of hydrogen-bond acceptors (Lipinski definition) is 5. The summed E-state index contributed by atoms with van der Waals surface area (Å²) in [6, 6.07) is 0. The van der Waals surface area contributed by atoms with Crippen molar-refractivity contribution in [2.75, 3.05) is 32.8 Å². The first-order valence-corrected chi connectivity index (χ1v) is 7.37. The van der Waals surface area contributed by atoms with Crippen molar-refractivity contribution in [3.05, 3.63) is 0 Å². The van der Waals surface area contributed by atoms with E-state index in [0.29, 0.717) is 25.4 Å². The molecule has 2 heterocycles. The van der Waals surface area contributed by atoms with Crippen LogP contribution in [0.2, 0.25) is 0 Å². The van der Waals surface area contributed by atoms with Gasteiger partial charge in [0.1, 0.15) is 5.54 Å². The first-order chi connectivity index (χ1) is 9.07. The van der Waals surface area contributed by atoms with Crippen molar-refractivity contribution in [2.24, 2.45) is 0 Å². The summed E-state index contributed by atoms with van der Waals surface area (Å²) in [7, 11) is 0.